The maximum absolute atomic E-state index is 12.1. The molecule has 1 atom stereocenters. The lowest BCUT2D eigenvalue weighted by Crippen LogP contribution is -2.36. The van der Waals surface area contributed by atoms with Crippen LogP contribution in [0.25, 0.3) is 0 Å². The van der Waals surface area contributed by atoms with Crippen LogP contribution in [0.1, 0.15) is 31.1 Å². The Labute approximate surface area is 111 Å². The first kappa shape index (κ1) is 14.9. The summed E-state index contributed by atoms with van der Waals surface area (Å²) in [5.74, 6) is 0.188. The molecule has 0 aliphatic rings. The van der Waals surface area contributed by atoms with Crippen LogP contribution < -0.4 is 10.6 Å². The van der Waals surface area contributed by atoms with Crippen molar-refractivity contribution in [1.82, 2.24) is 10.3 Å². The zero-order chi connectivity index (χ0) is 14.6. The molecule has 1 amide bonds. The van der Waals surface area contributed by atoms with Crippen LogP contribution in [0.5, 0.6) is 0 Å². The first-order chi connectivity index (χ1) is 8.86. The van der Waals surface area contributed by atoms with E-state index in [4.69, 9.17) is 0 Å². The Bertz CT molecular complexity index is 488. The van der Waals surface area contributed by atoms with E-state index in [0.717, 1.165) is 6.20 Å². The van der Waals surface area contributed by atoms with Crippen LogP contribution in [0.4, 0.5) is 11.5 Å². The molecule has 0 radical (unpaired) electrons. The molecule has 0 saturated heterocycles. The van der Waals surface area contributed by atoms with E-state index in [-0.39, 0.29) is 23.2 Å². The fraction of sp³-hybridized carbons (Fsp3) is 0.500. The van der Waals surface area contributed by atoms with Gasteiger partial charge in [-0.25, -0.2) is 4.98 Å². The summed E-state index contributed by atoms with van der Waals surface area (Å²) in [6.45, 7) is 5.78. The van der Waals surface area contributed by atoms with Crippen molar-refractivity contribution >= 4 is 17.4 Å². The number of nitrogens with zero attached hydrogens (tertiary/aromatic N) is 2. The second-order valence-electron chi connectivity index (χ2n) is 4.60. The lowest BCUT2D eigenvalue weighted by molar-refractivity contribution is -0.385. The second-order valence-corrected chi connectivity index (χ2v) is 4.60. The number of carbonyl (C=O) groups is 1. The molecule has 1 unspecified atom stereocenters. The number of amides is 1. The third-order valence-electron chi connectivity index (χ3n) is 2.94. The van der Waals surface area contributed by atoms with Crippen molar-refractivity contribution in [3.63, 3.8) is 0 Å². The topological polar surface area (TPSA) is 97.2 Å². The standard InChI is InChI=1S/C12H18N4O3/c1-7(2)8(3)15-12(17)9-5-11(13-4)14-6-10(9)16(18)19/h5-8H,1-4H3,(H,13,14)(H,15,17). The van der Waals surface area contributed by atoms with Crippen LogP contribution in [-0.4, -0.2) is 28.9 Å². The average Bonchev–Trinajstić information content (AvgIpc) is 2.37. The highest BCUT2D eigenvalue weighted by Crippen LogP contribution is 2.20. The number of carbonyl (C=O) groups excluding carboxylic acids is 1. The zero-order valence-corrected chi connectivity index (χ0v) is 11.4. The molecule has 0 saturated carbocycles. The Morgan fingerprint density at radius 1 is 1.42 bits per heavy atom. The van der Waals surface area contributed by atoms with Crippen molar-refractivity contribution in [2.24, 2.45) is 5.92 Å². The fourth-order valence-corrected chi connectivity index (χ4v) is 1.36. The van der Waals surface area contributed by atoms with E-state index in [9.17, 15) is 14.9 Å². The number of aromatic nitrogens is 1. The fourth-order valence-electron chi connectivity index (χ4n) is 1.36. The molecule has 0 fully saturated rings. The van der Waals surface area contributed by atoms with E-state index in [2.05, 4.69) is 15.6 Å². The van der Waals surface area contributed by atoms with Gasteiger partial charge in [0.05, 0.1) is 4.92 Å². The van der Waals surface area contributed by atoms with E-state index in [1.165, 1.54) is 6.07 Å². The number of hydrogen-bond donors (Lipinski definition) is 2. The van der Waals surface area contributed by atoms with Crippen LogP contribution in [0, 0.1) is 16.0 Å². The summed E-state index contributed by atoms with van der Waals surface area (Å²) in [5, 5.41) is 16.4. The molecular weight excluding hydrogens is 248 g/mol. The van der Waals surface area contributed by atoms with E-state index in [1.54, 1.807) is 7.05 Å². The van der Waals surface area contributed by atoms with Crippen molar-refractivity contribution in [1.29, 1.82) is 0 Å². The predicted octanol–water partition coefficient (Wildman–Crippen LogP) is 1.81. The van der Waals surface area contributed by atoms with Crippen molar-refractivity contribution < 1.29 is 9.72 Å². The van der Waals surface area contributed by atoms with Crippen molar-refractivity contribution in [2.45, 2.75) is 26.8 Å². The Balaban J connectivity index is 3.09. The van der Waals surface area contributed by atoms with Gasteiger partial charge in [-0.2, -0.15) is 0 Å². The molecule has 2 N–H and O–H groups in total. The van der Waals surface area contributed by atoms with Crippen molar-refractivity contribution in [3.05, 3.63) is 27.9 Å². The minimum absolute atomic E-state index is 0.0110. The summed E-state index contributed by atoms with van der Waals surface area (Å²) < 4.78 is 0. The van der Waals surface area contributed by atoms with Gasteiger partial charge in [-0.15, -0.1) is 0 Å². The molecular formula is C12H18N4O3. The molecule has 0 aliphatic heterocycles. The third kappa shape index (κ3) is 3.64. The molecule has 19 heavy (non-hydrogen) atoms. The van der Waals surface area contributed by atoms with Crippen molar-refractivity contribution in [3.8, 4) is 0 Å². The number of rotatable bonds is 5. The lowest BCUT2D eigenvalue weighted by Gasteiger charge is -2.17. The van der Waals surface area contributed by atoms with Crippen LogP contribution in [0.3, 0.4) is 0 Å². The summed E-state index contributed by atoms with van der Waals surface area (Å²) in [5.41, 5.74) is -0.288. The maximum Gasteiger partial charge on any atom is 0.300 e. The SMILES string of the molecule is CNc1cc(C(=O)NC(C)C(C)C)c([N+](=O)[O-])cn1. The smallest absolute Gasteiger partial charge is 0.300 e. The first-order valence-electron chi connectivity index (χ1n) is 5.99. The highest BCUT2D eigenvalue weighted by atomic mass is 16.6. The van der Waals surface area contributed by atoms with Gasteiger partial charge in [-0.1, -0.05) is 13.8 Å². The van der Waals surface area contributed by atoms with E-state index in [1.807, 2.05) is 20.8 Å². The van der Waals surface area contributed by atoms with Gasteiger partial charge < -0.3 is 10.6 Å². The highest BCUT2D eigenvalue weighted by molar-refractivity contribution is 5.98. The molecule has 1 heterocycles. The molecule has 0 aliphatic carbocycles. The maximum atomic E-state index is 12.1. The normalized spacial score (nSPS) is 12.1. The van der Waals surface area contributed by atoms with Gasteiger partial charge in [0.2, 0.25) is 0 Å². The number of nitro groups is 1. The largest absolute Gasteiger partial charge is 0.373 e. The zero-order valence-electron chi connectivity index (χ0n) is 11.4. The van der Waals surface area contributed by atoms with Gasteiger partial charge in [-0.3, -0.25) is 14.9 Å². The predicted molar refractivity (Wildman–Crippen MR) is 72.2 cm³/mol. The quantitative estimate of drug-likeness (QED) is 0.625. The van der Waals surface area contributed by atoms with E-state index in [0.29, 0.717) is 5.82 Å². The minimum atomic E-state index is -0.610. The lowest BCUT2D eigenvalue weighted by atomic mass is 10.1. The Kier molecular flexibility index (Phi) is 4.80. The summed E-state index contributed by atoms with van der Waals surface area (Å²) >= 11 is 0. The monoisotopic (exact) mass is 266 g/mol. The minimum Gasteiger partial charge on any atom is -0.373 e. The summed E-state index contributed by atoms with van der Waals surface area (Å²) in [6.07, 6.45) is 1.08. The molecule has 0 bridgehead atoms. The van der Waals surface area contributed by atoms with Gasteiger partial charge in [0.15, 0.2) is 0 Å². The molecule has 1 aromatic heterocycles. The molecule has 1 aromatic rings. The number of anilines is 1. The van der Waals surface area contributed by atoms with Crippen LogP contribution in [-0.2, 0) is 0 Å². The molecule has 0 spiro atoms. The average molecular weight is 266 g/mol. The van der Waals surface area contributed by atoms with Crippen molar-refractivity contribution in [2.75, 3.05) is 12.4 Å². The van der Waals surface area contributed by atoms with Crippen LogP contribution in [0.2, 0.25) is 0 Å². The Hall–Kier alpha value is -2.18. The Morgan fingerprint density at radius 2 is 2.05 bits per heavy atom. The van der Waals surface area contributed by atoms with Gasteiger partial charge >= 0.3 is 0 Å². The van der Waals surface area contributed by atoms with Gasteiger partial charge in [0.1, 0.15) is 17.6 Å². The molecule has 1 rings (SSSR count). The molecule has 104 valence electrons. The van der Waals surface area contributed by atoms with Gasteiger partial charge in [-0.05, 0) is 12.8 Å². The molecule has 7 nitrogen and oxygen atoms in total. The number of hydrogen-bond acceptors (Lipinski definition) is 5. The van der Waals surface area contributed by atoms with Gasteiger partial charge in [0, 0.05) is 19.2 Å². The third-order valence-corrected chi connectivity index (χ3v) is 2.94. The summed E-state index contributed by atoms with van der Waals surface area (Å²) in [4.78, 5) is 26.2. The van der Waals surface area contributed by atoms with E-state index >= 15 is 0 Å². The summed E-state index contributed by atoms with van der Waals surface area (Å²) in [7, 11) is 1.63. The summed E-state index contributed by atoms with van der Waals surface area (Å²) in [6, 6.07) is 1.30. The van der Waals surface area contributed by atoms with Crippen LogP contribution >= 0.6 is 0 Å². The molecule has 0 aromatic carbocycles. The van der Waals surface area contributed by atoms with Gasteiger partial charge in [0.25, 0.3) is 11.6 Å². The number of nitrogens with one attached hydrogen (secondary N) is 2. The van der Waals surface area contributed by atoms with E-state index < -0.39 is 10.8 Å². The van der Waals surface area contributed by atoms with Crippen LogP contribution in [0.15, 0.2) is 12.3 Å². The first-order valence-corrected chi connectivity index (χ1v) is 5.99. The second kappa shape index (κ2) is 6.12. The highest BCUT2D eigenvalue weighted by Gasteiger charge is 2.23. The number of pyridine rings is 1. The Morgan fingerprint density at radius 3 is 2.53 bits per heavy atom. The molecule has 7 heteroatoms.